The number of benzene rings is 2. The molecule has 3 aromatic rings. The van der Waals surface area contributed by atoms with Gasteiger partial charge in [0.15, 0.2) is 5.54 Å². The van der Waals surface area contributed by atoms with Crippen LogP contribution in [0.25, 0.3) is 0 Å². The average molecular weight is 606 g/mol. The number of thiophene rings is 1. The van der Waals surface area contributed by atoms with E-state index in [1.54, 1.807) is 27.7 Å². The molecule has 0 aliphatic carbocycles. The second-order valence-corrected chi connectivity index (χ2v) is 14.4. The van der Waals surface area contributed by atoms with Gasteiger partial charge in [0, 0.05) is 0 Å². The fourth-order valence-corrected chi connectivity index (χ4v) is 8.52. The molecule has 37 heavy (non-hydrogen) atoms. The first-order chi connectivity index (χ1) is 17.2. The maximum atomic E-state index is 14.4. The monoisotopic (exact) mass is 604 g/mol. The fraction of sp³-hybridized carbons (Fsp3) is 0.333. The van der Waals surface area contributed by atoms with E-state index in [0.29, 0.717) is 18.7 Å². The van der Waals surface area contributed by atoms with E-state index in [9.17, 15) is 18.0 Å². The summed E-state index contributed by atoms with van der Waals surface area (Å²) in [5, 5.41) is 0.295. The number of fused-ring (bicyclic) bond motifs is 1. The molecule has 0 fully saturated rings. The van der Waals surface area contributed by atoms with E-state index in [0.717, 1.165) is 11.1 Å². The van der Waals surface area contributed by atoms with Crippen molar-refractivity contribution in [3.05, 3.63) is 81.1 Å². The maximum absolute atomic E-state index is 14.4. The quantitative estimate of drug-likeness (QED) is 0.304. The van der Waals surface area contributed by atoms with Gasteiger partial charge >= 0.3 is 12.0 Å². The summed E-state index contributed by atoms with van der Waals surface area (Å²) in [7, 11) is -4.41. The van der Waals surface area contributed by atoms with E-state index < -0.39 is 39.2 Å². The van der Waals surface area contributed by atoms with Crippen molar-refractivity contribution in [1.82, 2.24) is 4.31 Å². The largest absolute Gasteiger partial charge is 0.458 e. The molecule has 2 heterocycles. The first-order valence-corrected chi connectivity index (χ1v) is 14.7. The third-order valence-corrected chi connectivity index (χ3v) is 10.4. The number of halogens is 1. The number of esters is 1. The number of amides is 2. The van der Waals surface area contributed by atoms with Gasteiger partial charge in [-0.1, -0.05) is 60.7 Å². The molecule has 7 nitrogen and oxygen atoms in total. The van der Waals surface area contributed by atoms with Crippen LogP contribution in [0.2, 0.25) is 0 Å². The summed E-state index contributed by atoms with van der Waals surface area (Å²) in [6.45, 7) is 9.56. The lowest BCUT2D eigenvalue weighted by Gasteiger charge is -2.44. The zero-order valence-electron chi connectivity index (χ0n) is 21.5. The van der Waals surface area contributed by atoms with E-state index in [4.69, 9.17) is 4.74 Å². The predicted octanol–water partition coefficient (Wildman–Crippen LogP) is 6.66. The van der Waals surface area contributed by atoms with Crippen LogP contribution in [-0.4, -0.2) is 35.9 Å². The molecule has 0 saturated heterocycles. The SMILES string of the molecule is Cc1c(Br)sc2c1S(=O)(=O)N(C(C)(C)C(=O)OC(C)(C)C)C(=O)N2C(c1ccccc1)c1ccccc1. The Labute approximate surface area is 230 Å². The highest BCUT2D eigenvalue weighted by Gasteiger charge is 2.56. The van der Waals surface area contributed by atoms with E-state index in [1.165, 1.54) is 30.1 Å². The molecule has 0 N–H and O–H groups in total. The number of sulfonamides is 1. The summed E-state index contributed by atoms with van der Waals surface area (Å²) in [5.41, 5.74) is -0.631. The molecule has 1 aliphatic rings. The Bertz CT molecular complexity index is 1410. The van der Waals surface area contributed by atoms with Crippen molar-refractivity contribution in [3.63, 3.8) is 0 Å². The van der Waals surface area contributed by atoms with Gasteiger partial charge in [-0.3, -0.25) is 4.90 Å². The van der Waals surface area contributed by atoms with E-state index in [1.807, 2.05) is 60.7 Å². The third kappa shape index (κ3) is 4.82. The van der Waals surface area contributed by atoms with Crippen LogP contribution in [0, 0.1) is 6.92 Å². The molecule has 2 amide bonds. The highest BCUT2D eigenvalue weighted by atomic mass is 79.9. The summed E-state index contributed by atoms with van der Waals surface area (Å²) in [6.07, 6.45) is 0. The van der Waals surface area contributed by atoms with Gasteiger partial charge in [-0.05, 0) is 74.2 Å². The summed E-state index contributed by atoms with van der Waals surface area (Å²) in [6, 6.07) is 17.3. The highest BCUT2D eigenvalue weighted by molar-refractivity contribution is 9.11. The molecule has 1 aliphatic heterocycles. The number of anilines is 1. The minimum atomic E-state index is -4.41. The van der Waals surface area contributed by atoms with Crippen molar-refractivity contribution in [2.45, 2.75) is 63.6 Å². The Balaban J connectivity index is 2.01. The highest BCUT2D eigenvalue weighted by Crippen LogP contribution is 2.51. The van der Waals surface area contributed by atoms with Gasteiger partial charge < -0.3 is 4.74 Å². The van der Waals surface area contributed by atoms with Crippen molar-refractivity contribution in [2.24, 2.45) is 0 Å². The topological polar surface area (TPSA) is 84.0 Å². The third-order valence-electron chi connectivity index (χ3n) is 6.01. The van der Waals surface area contributed by atoms with Crippen LogP contribution < -0.4 is 4.90 Å². The molecule has 0 unspecified atom stereocenters. The van der Waals surface area contributed by atoms with Crippen LogP contribution in [0.3, 0.4) is 0 Å². The molecule has 4 rings (SSSR count). The molecular weight excluding hydrogens is 576 g/mol. The molecule has 0 bridgehead atoms. The molecule has 1 aromatic heterocycles. The number of urea groups is 1. The standard InChI is InChI=1S/C27H29BrN2O5S2/c1-17-21-23(36-22(17)28)29(20(18-13-9-7-10-14-18)19-15-11-8-12-16-19)25(32)30(37(21,33)34)27(5,6)24(31)35-26(2,3)4/h7-16,20H,1-6H3. The normalized spacial score (nSPS) is 15.6. The average Bonchev–Trinajstić information content (AvgIpc) is 3.11. The van der Waals surface area contributed by atoms with Gasteiger partial charge in [-0.2, -0.15) is 4.31 Å². The van der Waals surface area contributed by atoms with Crippen LogP contribution in [0.5, 0.6) is 0 Å². The maximum Gasteiger partial charge on any atom is 0.341 e. The van der Waals surface area contributed by atoms with Crippen molar-refractivity contribution in [3.8, 4) is 0 Å². The molecule has 0 radical (unpaired) electrons. The van der Waals surface area contributed by atoms with Crippen LogP contribution in [0.4, 0.5) is 9.80 Å². The van der Waals surface area contributed by atoms with Gasteiger partial charge in [0.25, 0.3) is 10.0 Å². The Morgan fingerprint density at radius 2 is 1.43 bits per heavy atom. The zero-order valence-corrected chi connectivity index (χ0v) is 24.7. The fourth-order valence-electron chi connectivity index (χ4n) is 4.31. The second kappa shape index (κ2) is 9.56. The minimum absolute atomic E-state index is 0.00234. The number of rotatable bonds is 5. The summed E-state index contributed by atoms with van der Waals surface area (Å²) in [4.78, 5) is 29.2. The number of carbonyl (C=O) groups is 2. The second-order valence-electron chi connectivity index (χ2n) is 10.3. The van der Waals surface area contributed by atoms with Gasteiger partial charge in [-0.25, -0.2) is 18.0 Å². The van der Waals surface area contributed by atoms with Crippen molar-refractivity contribution in [1.29, 1.82) is 0 Å². The lowest BCUT2D eigenvalue weighted by molar-refractivity contribution is -0.163. The Morgan fingerprint density at radius 1 is 0.946 bits per heavy atom. The minimum Gasteiger partial charge on any atom is -0.458 e. The molecule has 2 aromatic carbocycles. The van der Waals surface area contributed by atoms with Crippen LogP contribution >= 0.6 is 27.3 Å². The number of ether oxygens (including phenoxy) is 1. The molecule has 0 spiro atoms. The molecule has 10 heteroatoms. The summed E-state index contributed by atoms with van der Waals surface area (Å²) < 4.78 is 35.0. The lowest BCUT2D eigenvalue weighted by Crippen LogP contribution is -2.63. The Morgan fingerprint density at radius 3 is 1.89 bits per heavy atom. The lowest BCUT2D eigenvalue weighted by atomic mass is 9.97. The van der Waals surface area contributed by atoms with E-state index in [-0.39, 0.29) is 4.90 Å². The van der Waals surface area contributed by atoms with Gasteiger partial charge in [0.1, 0.15) is 15.5 Å². The summed E-state index contributed by atoms with van der Waals surface area (Å²) in [5.74, 6) is -0.816. The van der Waals surface area contributed by atoms with Gasteiger partial charge in [-0.15, -0.1) is 11.3 Å². The Kier molecular flexibility index (Phi) is 7.07. The van der Waals surface area contributed by atoms with Crippen molar-refractivity contribution in [2.75, 3.05) is 4.90 Å². The first kappa shape index (κ1) is 27.3. The molecule has 196 valence electrons. The van der Waals surface area contributed by atoms with Crippen LogP contribution in [-0.2, 0) is 19.6 Å². The Hall–Kier alpha value is -2.69. The van der Waals surface area contributed by atoms with Crippen LogP contribution in [0.1, 0.15) is 57.4 Å². The van der Waals surface area contributed by atoms with Crippen LogP contribution in [0.15, 0.2) is 69.3 Å². The van der Waals surface area contributed by atoms with Gasteiger partial charge in [0.2, 0.25) is 0 Å². The number of hydrogen-bond donors (Lipinski definition) is 0. The smallest absolute Gasteiger partial charge is 0.341 e. The number of hydrogen-bond acceptors (Lipinski definition) is 6. The van der Waals surface area contributed by atoms with E-state index in [2.05, 4.69) is 15.9 Å². The molecule has 0 saturated carbocycles. The number of carbonyl (C=O) groups excluding carboxylic acids is 2. The molecular formula is C27H29BrN2O5S2. The summed E-state index contributed by atoms with van der Waals surface area (Å²) >= 11 is 4.66. The number of nitrogens with zero attached hydrogens (tertiary/aromatic N) is 2. The predicted molar refractivity (Wildman–Crippen MR) is 148 cm³/mol. The van der Waals surface area contributed by atoms with Crippen molar-refractivity contribution < 1.29 is 22.7 Å². The van der Waals surface area contributed by atoms with E-state index >= 15 is 0 Å². The zero-order chi connectivity index (χ0) is 27.3. The molecule has 0 atom stereocenters. The first-order valence-electron chi connectivity index (χ1n) is 11.7. The van der Waals surface area contributed by atoms with Gasteiger partial charge in [0.05, 0.1) is 9.83 Å². The van der Waals surface area contributed by atoms with Crippen molar-refractivity contribution >= 4 is 54.3 Å².